The maximum atomic E-state index is 3.81. The third-order valence-corrected chi connectivity index (χ3v) is 2.41. The molecule has 0 saturated carbocycles. The zero-order valence-electron chi connectivity index (χ0n) is 7.48. The van der Waals surface area contributed by atoms with Crippen molar-refractivity contribution in [1.29, 1.82) is 0 Å². The quantitative estimate of drug-likeness (QED) is 0.653. The molecule has 1 aliphatic rings. The molecule has 0 aromatic rings. The molecule has 1 nitrogen and oxygen atoms in total. The molecule has 0 saturated heterocycles. The Hall–Kier alpha value is -0.720. The molecule has 1 unspecified atom stereocenters. The van der Waals surface area contributed by atoms with Gasteiger partial charge in [0.05, 0.1) is 0 Å². The molecule has 1 rings (SSSR count). The van der Waals surface area contributed by atoms with Crippen molar-refractivity contribution in [2.75, 3.05) is 6.54 Å². The summed E-state index contributed by atoms with van der Waals surface area (Å²) in [4.78, 5) is 0. The summed E-state index contributed by atoms with van der Waals surface area (Å²) in [6.07, 6.45) is 4.35. The molecule has 0 bridgehead atoms. The maximum Gasteiger partial charge on any atom is 0.0185 e. The van der Waals surface area contributed by atoms with E-state index in [1.165, 1.54) is 17.7 Å². The highest BCUT2D eigenvalue weighted by molar-refractivity contribution is 5.28. The van der Waals surface area contributed by atoms with Crippen LogP contribution in [0.1, 0.15) is 26.7 Å². The Morgan fingerprint density at radius 3 is 3.00 bits per heavy atom. The molecule has 1 N–H and O–H groups in total. The number of hydrogen-bond donors (Lipinski definition) is 1. The lowest BCUT2D eigenvalue weighted by molar-refractivity contribution is 0.610. The molecule has 0 amide bonds. The molecule has 62 valence electrons. The van der Waals surface area contributed by atoms with Gasteiger partial charge in [-0.2, -0.15) is 0 Å². The van der Waals surface area contributed by atoms with Crippen molar-refractivity contribution in [3.05, 3.63) is 23.9 Å². The van der Waals surface area contributed by atoms with E-state index >= 15 is 0 Å². The van der Waals surface area contributed by atoms with E-state index in [0.717, 1.165) is 13.0 Å². The van der Waals surface area contributed by atoms with Gasteiger partial charge in [-0.3, -0.25) is 0 Å². The summed E-state index contributed by atoms with van der Waals surface area (Å²) in [7, 11) is 0. The fraction of sp³-hybridized carbons (Fsp3) is 0.600. The Bertz CT molecular complexity index is 179. The van der Waals surface area contributed by atoms with Crippen LogP contribution in [0.25, 0.3) is 0 Å². The van der Waals surface area contributed by atoms with Crippen molar-refractivity contribution in [3.8, 4) is 0 Å². The molecule has 11 heavy (non-hydrogen) atoms. The first kappa shape index (κ1) is 8.38. The summed E-state index contributed by atoms with van der Waals surface area (Å²) in [5.41, 5.74) is 2.84. The van der Waals surface area contributed by atoms with Crippen molar-refractivity contribution in [2.45, 2.75) is 26.7 Å². The van der Waals surface area contributed by atoms with Crippen LogP contribution in [-0.4, -0.2) is 6.54 Å². The first-order valence-electron chi connectivity index (χ1n) is 4.39. The molecular weight excluding hydrogens is 134 g/mol. The van der Waals surface area contributed by atoms with Crippen LogP contribution in [0.15, 0.2) is 23.9 Å². The largest absolute Gasteiger partial charge is 0.388 e. The first-order chi connectivity index (χ1) is 5.29. The van der Waals surface area contributed by atoms with Gasteiger partial charge in [0.1, 0.15) is 0 Å². The van der Waals surface area contributed by atoms with Gasteiger partial charge >= 0.3 is 0 Å². The second-order valence-corrected chi connectivity index (χ2v) is 3.13. The summed E-state index contributed by atoms with van der Waals surface area (Å²) in [5.74, 6) is 0.672. The Kier molecular flexibility index (Phi) is 2.75. The minimum absolute atomic E-state index is 0.672. The topological polar surface area (TPSA) is 12.0 Å². The van der Waals surface area contributed by atoms with Gasteiger partial charge in [-0.25, -0.2) is 0 Å². The van der Waals surface area contributed by atoms with Crippen molar-refractivity contribution in [3.63, 3.8) is 0 Å². The zero-order chi connectivity index (χ0) is 8.27. The SMILES string of the molecule is C=CC1=C(C(C)CC)NCC1. The summed E-state index contributed by atoms with van der Waals surface area (Å²) in [5, 5.41) is 3.42. The number of hydrogen-bond acceptors (Lipinski definition) is 1. The van der Waals surface area contributed by atoms with E-state index in [1.807, 2.05) is 6.08 Å². The van der Waals surface area contributed by atoms with Crippen molar-refractivity contribution in [1.82, 2.24) is 5.32 Å². The average molecular weight is 151 g/mol. The second-order valence-electron chi connectivity index (χ2n) is 3.13. The van der Waals surface area contributed by atoms with Gasteiger partial charge in [0.25, 0.3) is 0 Å². The van der Waals surface area contributed by atoms with Crippen LogP contribution in [0.2, 0.25) is 0 Å². The summed E-state index contributed by atoms with van der Waals surface area (Å²) in [6.45, 7) is 9.39. The van der Waals surface area contributed by atoms with Crippen LogP contribution < -0.4 is 5.32 Å². The van der Waals surface area contributed by atoms with Crippen molar-refractivity contribution < 1.29 is 0 Å². The second kappa shape index (κ2) is 3.61. The highest BCUT2D eigenvalue weighted by Gasteiger charge is 2.15. The van der Waals surface area contributed by atoms with Crippen LogP contribution >= 0.6 is 0 Å². The molecular formula is C10H17N. The third kappa shape index (κ3) is 1.65. The normalized spacial score (nSPS) is 19.8. The summed E-state index contributed by atoms with van der Waals surface area (Å²) >= 11 is 0. The molecule has 0 spiro atoms. The molecule has 1 heteroatoms. The van der Waals surface area contributed by atoms with Gasteiger partial charge in [0, 0.05) is 12.2 Å². The third-order valence-electron chi connectivity index (χ3n) is 2.41. The number of rotatable bonds is 3. The van der Waals surface area contributed by atoms with E-state index in [1.54, 1.807) is 0 Å². The Labute approximate surface area is 69.2 Å². The molecule has 1 heterocycles. The summed E-state index contributed by atoms with van der Waals surface area (Å²) in [6, 6.07) is 0. The number of nitrogens with one attached hydrogen (secondary N) is 1. The van der Waals surface area contributed by atoms with Crippen molar-refractivity contribution in [2.24, 2.45) is 5.92 Å². The highest BCUT2D eigenvalue weighted by Crippen LogP contribution is 2.22. The molecule has 1 aliphatic heterocycles. The molecule has 0 aliphatic carbocycles. The van der Waals surface area contributed by atoms with Gasteiger partial charge < -0.3 is 5.32 Å². The van der Waals surface area contributed by atoms with Crippen molar-refractivity contribution >= 4 is 0 Å². The van der Waals surface area contributed by atoms with E-state index in [-0.39, 0.29) is 0 Å². The van der Waals surface area contributed by atoms with Gasteiger partial charge in [-0.1, -0.05) is 26.5 Å². The standard InChI is InChI=1S/C10H17N/c1-4-8(3)10-9(5-2)6-7-11-10/h5,8,11H,2,4,6-7H2,1,3H3. The van der Waals surface area contributed by atoms with Gasteiger partial charge in [0.15, 0.2) is 0 Å². The highest BCUT2D eigenvalue weighted by atomic mass is 14.9. The molecule has 0 aromatic carbocycles. The Morgan fingerprint density at radius 2 is 2.45 bits per heavy atom. The lowest BCUT2D eigenvalue weighted by Gasteiger charge is -2.12. The van der Waals surface area contributed by atoms with Gasteiger partial charge in [0.2, 0.25) is 0 Å². The Morgan fingerprint density at radius 1 is 1.73 bits per heavy atom. The predicted octanol–water partition coefficient (Wildman–Crippen LogP) is 2.47. The molecule has 0 fully saturated rings. The monoisotopic (exact) mass is 151 g/mol. The average Bonchev–Trinajstić information content (AvgIpc) is 2.50. The van der Waals surface area contributed by atoms with Crippen LogP contribution in [0.5, 0.6) is 0 Å². The molecule has 0 aromatic heterocycles. The van der Waals surface area contributed by atoms with Crippen LogP contribution in [-0.2, 0) is 0 Å². The zero-order valence-corrected chi connectivity index (χ0v) is 7.48. The first-order valence-corrected chi connectivity index (χ1v) is 4.39. The minimum atomic E-state index is 0.672. The van der Waals surface area contributed by atoms with Gasteiger partial charge in [-0.05, 0) is 24.3 Å². The lowest BCUT2D eigenvalue weighted by Crippen LogP contribution is -2.13. The smallest absolute Gasteiger partial charge is 0.0185 e. The van der Waals surface area contributed by atoms with E-state index in [2.05, 4.69) is 25.7 Å². The maximum absolute atomic E-state index is 3.81. The van der Waals surface area contributed by atoms with E-state index < -0.39 is 0 Å². The number of allylic oxidation sites excluding steroid dienone is 2. The van der Waals surface area contributed by atoms with Crippen LogP contribution in [0, 0.1) is 5.92 Å². The minimum Gasteiger partial charge on any atom is -0.388 e. The fourth-order valence-corrected chi connectivity index (χ4v) is 1.49. The van der Waals surface area contributed by atoms with Crippen LogP contribution in [0.4, 0.5) is 0 Å². The van der Waals surface area contributed by atoms with E-state index in [4.69, 9.17) is 0 Å². The summed E-state index contributed by atoms with van der Waals surface area (Å²) < 4.78 is 0. The van der Waals surface area contributed by atoms with Crippen LogP contribution in [0.3, 0.4) is 0 Å². The van der Waals surface area contributed by atoms with Gasteiger partial charge in [-0.15, -0.1) is 0 Å². The fourth-order valence-electron chi connectivity index (χ4n) is 1.49. The Balaban J connectivity index is 2.73. The van der Waals surface area contributed by atoms with E-state index in [9.17, 15) is 0 Å². The predicted molar refractivity (Wildman–Crippen MR) is 49.3 cm³/mol. The molecule has 0 radical (unpaired) electrons. The van der Waals surface area contributed by atoms with E-state index in [0.29, 0.717) is 5.92 Å². The molecule has 1 atom stereocenters. The lowest BCUT2D eigenvalue weighted by atomic mass is 10.0.